The molecule has 0 saturated heterocycles. The van der Waals surface area contributed by atoms with E-state index in [0.717, 1.165) is 6.08 Å². The lowest BCUT2D eigenvalue weighted by molar-refractivity contribution is 0.0298. The van der Waals surface area contributed by atoms with E-state index in [4.69, 9.17) is 0 Å². The molecule has 2 rings (SSSR count). The van der Waals surface area contributed by atoms with Gasteiger partial charge in [0, 0.05) is 0 Å². The van der Waals surface area contributed by atoms with Crippen LogP contribution in [0, 0.1) is 0 Å². The molecule has 2 aromatic heterocycles. The van der Waals surface area contributed by atoms with Gasteiger partial charge in [-0.05, 0) is 18.1 Å². The first-order valence-electron chi connectivity index (χ1n) is 7.06. The van der Waals surface area contributed by atoms with Gasteiger partial charge >= 0.3 is 0 Å². The summed E-state index contributed by atoms with van der Waals surface area (Å²) in [5.41, 5.74) is -1.63. The molecule has 0 bridgehead atoms. The Hall–Kier alpha value is -2.42. The van der Waals surface area contributed by atoms with Crippen molar-refractivity contribution < 1.29 is 13.9 Å². The van der Waals surface area contributed by atoms with E-state index in [9.17, 15) is 13.9 Å². The Morgan fingerprint density at radius 3 is 2.09 bits per heavy atom. The summed E-state index contributed by atoms with van der Waals surface area (Å²) >= 11 is 0. The normalized spacial score (nSPS) is 13.6. The summed E-state index contributed by atoms with van der Waals surface area (Å²) in [4.78, 5) is 7.59. The Morgan fingerprint density at radius 1 is 1.13 bits per heavy atom. The predicted molar refractivity (Wildman–Crippen MR) is 78.5 cm³/mol. The molecule has 0 saturated carbocycles. The van der Waals surface area contributed by atoms with Gasteiger partial charge in [0.25, 0.3) is 0 Å². The molecule has 0 aliphatic carbocycles. The summed E-state index contributed by atoms with van der Waals surface area (Å²) in [6, 6.07) is 0. The Morgan fingerprint density at radius 2 is 1.70 bits per heavy atom. The molecule has 23 heavy (non-hydrogen) atoms. The lowest BCUT2D eigenvalue weighted by Crippen LogP contribution is -2.42. The molecule has 9 heteroatoms. The van der Waals surface area contributed by atoms with Crippen molar-refractivity contribution in [2.24, 2.45) is 0 Å². The molecule has 0 fully saturated rings. The van der Waals surface area contributed by atoms with Crippen LogP contribution >= 0.6 is 0 Å². The maximum Gasteiger partial charge on any atom is 0.137 e. The summed E-state index contributed by atoms with van der Waals surface area (Å²) in [6.07, 6.45) is 8.04. The smallest absolute Gasteiger partial charge is 0.137 e. The van der Waals surface area contributed by atoms with E-state index >= 15 is 0 Å². The zero-order chi connectivity index (χ0) is 16.7. The molecule has 0 atom stereocenters. The quantitative estimate of drug-likeness (QED) is 0.744. The molecular weight excluding hydrogens is 306 g/mol. The first kappa shape index (κ1) is 16.9. The molecule has 0 unspecified atom stereocenters. The van der Waals surface area contributed by atoms with Crippen molar-refractivity contribution >= 4 is 0 Å². The van der Waals surface area contributed by atoms with E-state index in [1.807, 2.05) is 0 Å². The number of alkyl halides is 1. The molecule has 0 aromatic carbocycles. The van der Waals surface area contributed by atoms with E-state index in [-0.39, 0.29) is 25.1 Å². The summed E-state index contributed by atoms with van der Waals surface area (Å²) in [5, 5.41) is 18.8. The third kappa shape index (κ3) is 4.52. The van der Waals surface area contributed by atoms with Gasteiger partial charge in [-0.25, -0.2) is 28.1 Å². The maximum atomic E-state index is 13.5. The number of nitrogens with zero attached hydrogens (tertiary/aromatic N) is 6. The van der Waals surface area contributed by atoms with E-state index < -0.39 is 18.1 Å². The number of hydrogen-bond donors (Lipinski definition) is 1. The summed E-state index contributed by atoms with van der Waals surface area (Å²) in [7, 11) is 0. The van der Waals surface area contributed by atoms with Crippen molar-refractivity contribution in [3.05, 3.63) is 48.9 Å². The summed E-state index contributed by atoms with van der Waals surface area (Å²) in [6.45, 7) is 0.605. The van der Waals surface area contributed by atoms with Crippen LogP contribution < -0.4 is 0 Å². The second-order valence-electron chi connectivity index (χ2n) is 5.01. The standard InChI is InChI=1S/C14H18F2N6O/c1-2-13(16)4-3-12(5-15)14(23,6-21-10-17-8-19-21)7-22-11-18-9-20-22/h3-4,8-11,23H,2,5-7H2,1H3/b12-3+,13-4+. The third-order valence-corrected chi connectivity index (χ3v) is 3.33. The van der Waals surface area contributed by atoms with Crippen LogP contribution in [0.2, 0.25) is 0 Å². The van der Waals surface area contributed by atoms with Gasteiger partial charge in [-0.3, -0.25) is 0 Å². The van der Waals surface area contributed by atoms with Gasteiger partial charge < -0.3 is 5.11 Å². The average Bonchev–Trinajstić information content (AvgIpc) is 3.21. The van der Waals surface area contributed by atoms with Gasteiger partial charge in [0.2, 0.25) is 0 Å². The zero-order valence-corrected chi connectivity index (χ0v) is 12.7. The highest BCUT2D eigenvalue weighted by Crippen LogP contribution is 2.23. The minimum Gasteiger partial charge on any atom is -0.381 e. The largest absolute Gasteiger partial charge is 0.381 e. The van der Waals surface area contributed by atoms with Crippen molar-refractivity contribution in [1.82, 2.24) is 29.5 Å². The number of halogens is 2. The van der Waals surface area contributed by atoms with Gasteiger partial charge in [0.1, 0.15) is 37.6 Å². The van der Waals surface area contributed by atoms with Crippen LogP contribution in [0.1, 0.15) is 13.3 Å². The van der Waals surface area contributed by atoms with Crippen LogP contribution in [-0.2, 0) is 13.1 Å². The topological polar surface area (TPSA) is 81.6 Å². The van der Waals surface area contributed by atoms with E-state index in [1.54, 1.807) is 6.92 Å². The van der Waals surface area contributed by atoms with Crippen molar-refractivity contribution in [3.8, 4) is 0 Å². The maximum absolute atomic E-state index is 13.5. The number of aromatic nitrogens is 6. The molecule has 124 valence electrons. The Kier molecular flexibility index (Phi) is 5.69. The second-order valence-corrected chi connectivity index (χ2v) is 5.01. The fourth-order valence-electron chi connectivity index (χ4n) is 2.05. The molecule has 0 aliphatic rings. The van der Waals surface area contributed by atoms with Gasteiger partial charge in [-0.1, -0.05) is 13.0 Å². The second kappa shape index (κ2) is 7.73. The van der Waals surface area contributed by atoms with Gasteiger partial charge in [-0.2, -0.15) is 10.2 Å². The highest BCUT2D eigenvalue weighted by atomic mass is 19.1. The highest BCUT2D eigenvalue weighted by molar-refractivity contribution is 5.23. The number of allylic oxidation sites excluding steroid dienone is 3. The lowest BCUT2D eigenvalue weighted by Gasteiger charge is -2.29. The van der Waals surface area contributed by atoms with Crippen LogP contribution in [0.15, 0.2) is 48.9 Å². The predicted octanol–water partition coefficient (Wildman–Crippen LogP) is 1.46. The van der Waals surface area contributed by atoms with E-state index in [1.165, 1.54) is 40.7 Å². The number of hydrogen-bond acceptors (Lipinski definition) is 5. The first-order chi connectivity index (χ1) is 11.1. The van der Waals surface area contributed by atoms with Crippen LogP contribution in [-0.4, -0.2) is 46.9 Å². The monoisotopic (exact) mass is 324 g/mol. The molecule has 0 amide bonds. The molecular formula is C14H18F2N6O. The van der Waals surface area contributed by atoms with E-state index in [2.05, 4.69) is 20.2 Å². The molecule has 1 N–H and O–H groups in total. The average molecular weight is 324 g/mol. The van der Waals surface area contributed by atoms with Crippen molar-refractivity contribution in [2.45, 2.75) is 32.0 Å². The van der Waals surface area contributed by atoms with Gasteiger partial charge in [0.15, 0.2) is 0 Å². The Bertz CT molecular complexity index is 615. The van der Waals surface area contributed by atoms with Crippen molar-refractivity contribution in [1.29, 1.82) is 0 Å². The highest BCUT2D eigenvalue weighted by Gasteiger charge is 2.33. The minimum atomic E-state index is -1.65. The number of rotatable bonds is 8. The van der Waals surface area contributed by atoms with Crippen LogP contribution in [0.5, 0.6) is 0 Å². The first-order valence-corrected chi connectivity index (χ1v) is 7.06. The van der Waals surface area contributed by atoms with Gasteiger partial charge in [-0.15, -0.1) is 0 Å². The fraction of sp³-hybridized carbons (Fsp3) is 0.429. The minimum absolute atomic E-state index is 0.0205. The lowest BCUT2D eigenvalue weighted by atomic mass is 9.93. The van der Waals surface area contributed by atoms with E-state index in [0.29, 0.717) is 0 Å². The summed E-state index contributed by atoms with van der Waals surface area (Å²) < 4.78 is 29.6. The third-order valence-electron chi connectivity index (χ3n) is 3.33. The molecule has 0 spiro atoms. The zero-order valence-electron chi connectivity index (χ0n) is 12.7. The Balaban J connectivity index is 2.33. The van der Waals surface area contributed by atoms with Crippen molar-refractivity contribution in [3.63, 3.8) is 0 Å². The molecule has 0 aliphatic heterocycles. The van der Waals surface area contributed by atoms with Crippen LogP contribution in [0.25, 0.3) is 0 Å². The Labute approximate surface area is 132 Å². The van der Waals surface area contributed by atoms with Gasteiger partial charge in [0.05, 0.1) is 18.9 Å². The molecule has 2 aromatic rings. The molecule has 7 nitrogen and oxygen atoms in total. The fourth-order valence-corrected chi connectivity index (χ4v) is 2.05. The molecule has 0 radical (unpaired) electrons. The van der Waals surface area contributed by atoms with Crippen molar-refractivity contribution in [2.75, 3.05) is 6.67 Å². The molecule has 2 heterocycles. The van der Waals surface area contributed by atoms with Crippen LogP contribution in [0.3, 0.4) is 0 Å². The summed E-state index contributed by atoms with van der Waals surface area (Å²) in [5.74, 6) is -0.403. The number of aliphatic hydroxyl groups is 1. The van der Waals surface area contributed by atoms with Crippen LogP contribution in [0.4, 0.5) is 8.78 Å². The SMILES string of the molecule is CC/C(F)=C\C=C(/CF)C(O)(Cn1cncn1)Cn1cncn1.